The molecule has 0 heterocycles. The predicted molar refractivity (Wildman–Crippen MR) is 60.8 cm³/mol. The van der Waals surface area contributed by atoms with Crippen molar-refractivity contribution < 1.29 is 4.74 Å². The smallest absolute Gasteiger partial charge is 0.120 e. The fraction of sp³-hybridized carbons (Fsp3) is 0.385. The van der Waals surface area contributed by atoms with Gasteiger partial charge in [0, 0.05) is 0 Å². The van der Waals surface area contributed by atoms with Crippen LogP contribution >= 0.6 is 0 Å². The lowest BCUT2D eigenvalue weighted by Crippen LogP contribution is -1.95. The first kappa shape index (κ1) is 10.8. The van der Waals surface area contributed by atoms with Crippen molar-refractivity contribution in [2.75, 3.05) is 6.61 Å². The molecule has 14 heavy (non-hydrogen) atoms. The molecule has 0 aromatic heterocycles. The van der Waals surface area contributed by atoms with Gasteiger partial charge in [0.15, 0.2) is 0 Å². The third kappa shape index (κ3) is 2.91. The molecule has 0 bridgehead atoms. The first-order chi connectivity index (χ1) is 6.77. The van der Waals surface area contributed by atoms with Crippen molar-refractivity contribution in [3.63, 3.8) is 0 Å². The van der Waals surface area contributed by atoms with Crippen LogP contribution in [-0.2, 0) is 0 Å². The SMILES string of the molecule is C=CCOc1cccc(C(C)CC)c1. The molecule has 1 heteroatoms. The van der Waals surface area contributed by atoms with Crippen LogP contribution in [0.4, 0.5) is 0 Å². The van der Waals surface area contributed by atoms with E-state index in [2.05, 4.69) is 32.6 Å². The highest BCUT2D eigenvalue weighted by molar-refractivity contribution is 5.30. The summed E-state index contributed by atoms with van der Waals surface area (Å²) in [6.07, 6.45) is 2.92. The van der Waals surface area contributed by atoms with Crippen molar-refractivity contribution in [2.45, 2.75) is 26.2 Å². The number of rotatable bonds is 5. The van der Waals surface area contributed by atoms with E-state index in [1.807, 2.05) is 12.1 Å². The maximum atomic E-state index is 5.47. The monoisotopic (exact) mass is 190 g/mol. The zero-order chi connectivity index (χ0) is 10.4. The maximum absolute atomic E-state index is 5.47. The van der Waals surface area contributed by atoms with Crippen molar-refractivity contribution in [1.29, 1.82) is 0 Å². The van der Waals surface area contributed by atoms with Crippen molar-refractivity contribution in [1.82, 2.24) is 0 Å². The molecule has 1 nitrogen and oxygen atoms in total. The zero-order valence-electron chi connectivity index (χ0n) is 8.99. The van der Waals surface area contributed by atoms with Gasteiger partial charge in [-0.3, -0.25) is 0 Å². The quantitative estimate of drug-likeness (QED) is 0.642. The highest BCUT2D eigenvalue weighted by Gasteiger charge is 2.03. The summed E-state index contributed by atoms with van der Waals surface area (Å²) >= 11 is 0. The standard InChI is InChI=1S/C13H18O/c1-4-9-14-13-8-6-7-12(10-13)11(3)5-2/h4,6-8,10-11H,1,5,9H2,2-3H3. The van der Waals surface area contributed by atoms with Crippen molar-refractivity contribution in [3.05, 3.63) is 42.5 Å². The second-order valence-electron chi connectivity index (χ2n) is 3.48. The van der Waals surface area contributed by atoms with Gasteiger partial charge in [-0.15, -0.1) is 0 Å². The average Bonchev–Trinajstić information content (AvgIpc) is 2.25. The molecule has 1 unspecified atom stereocenters. The molecule has 0 aliphatic carbocycles. The molecule has 1 rings (SSSR count). The number of hydrogen-bond donors (Lipinski definition) is 0. The Bertz CT molecular complexity index is 291. The van der Waals surface area contributed by atoms with Gasteiger partial charge in [-0.05, 0) is 30.0 Å². The van der Waals surface area contributed by atoms with Gasteiger partial charge in [0.2, 0.25) is 0 Å². The fourth-order valence-corrected chi connectivity index (χ4v) is 1.30. The van der Waals surface area contributed by atoms with E-state index in [1.165, 1.54) is 5.56 Å². The largest absolute Gasteiger partial charge is 0.490 e. The van der Waals surface area contributed by atoms with Crippen LogP contribution < -0.4 is 4.74 Å². The van der Waals surface area contributed by atoms with Gasteiger partial charge < -0.3 is 4.74 Å². The normalized spacial score (nSPS) is 12.1. The summed E-state index contributed by atoms with van der Waals surface area (Å²) in [5.74, 6) is 1.53. The van der Waals surface area contributed by atoms with Gasteiger partial charge in [-0.2, -0.15) is 0 Å². The van der Waals surface area contributed by atoms with Gasteiger partial charge in [0.1, 0.15) is 12.4 Å². The molecular formula is C13H18O. The van der Waals surface area contributed by atoms with E-state index in [0.29, 0.717) is 12.5 Å². The minimum absolute atomic E-state index is 0.573. The molecule has 0 fully saturated rings. The summed E-state index contributed by atoms with van der Waals surface area (Å²) in [4.78, 5) is 0. The van der Waals surface area contributed by atoms with Crippen LogP contribution in [0.2, 0.25) is 0 Å². The highest BCUT2D eigenvalue weighted by Crippen LogP contribution is 2.22. The van der Waals surface area contributed by atoms with Gasteiger partial charge >= 0.3 is 0 Å². The molecule has 1 aromatic rings. The Hall–Kier alpha value is -1.24. The molecule has 0 N–H and O–H groups in total. The van der Waals surface area contributed by atoms with Crippen LogP contribution in [-0.4, -0.2) is 6.61 Å². The van der Waals surface area contributed by atoms with Gasteiger partial charge in [0.25, 0.3) is 0 Å². The Morgan fingerprint density at radius 2 is 2.29 bits per heavy atom. The molecule has 76 valence electrons. The van der Waals surface area contributed by atoms with Gasteiger partial charge in [0.05, 0.1) is 0 Å². The third-order valence-electron chi connectivity index (χ3n) is 2.41. The summed E-state index contributed by atoms with van der Waals surface area (Å²) in [5.41, 5.74) is 1.34. The first-order valence-corrected chi connectivity index (χ1v) is 5.11. The number of ether oxygens (including phenoxy) is 1. The van der Waals surface area contributed by atoms with Crippen molar-refractivity contribution >= 4 is 0 Å². The molecule has 0 aliphatic heterocycles. The number of benzene rings is 1. The lowest BCUT2D eigenvalue weighted by molar-refractivity contribution is 0.362. The minimum Gasteiger partial charge on any atom is -0.490 e. The topological polar surface area (TPSA) is 9.23 Å². The molecule has 0 saturated carbocycles. The molecule has 0 saturated heterocycles. The maximum Gasteiger partial charge on any atom is 0.120 e. The van der Waals surface area contributed by atoms with E-state index in [9.17, 15) is 0 Å². The van der Waals surface area contributed by atoms with E-state index in [1.54, 1.807) is 6.08 Å². The Kier molecular flexibility index (Phi) is 4.24. The summed E-state index contributed by atoms with van der Waals surface area (Å²) in [7, 11) is 0. The summed E-state index contributed by atoms with van der Waals surface area (Å²) in [6.45, 7) is 8.62. The molecule has 0 aliphatic rings. The molecule has 0 amide bonds. The van der Waals surface area contributed by atoms with Crippen molar-refractivity contribution in [2.24, 2.45) is 0 Å². The van der Waals surface area contributed by atoms with E-state index in [-0.39, 0.29) is 0 Å². The zero-order valence-corrected chi connectivity index (χ0v) is 8.99. The fourth-order valence-electron chi connectivity index (χ4n) is 1.30. The predicted octanol–water partition coefficient (Wildman–Crippen LogP) is 3.76. The molecule has 0 spiro atoms. The second kappa shape index (κ2) is 5.48. The Balaban J connectivity index is 2.73. The summed E-state index contributed by atoms with van der Waals surface area (Å²) in [5, 5.41) is 0. The third-order valence-corrected chi connectivity index (χ3v) is 2.41. The molecule has 1 aromatic carbocycles. The van der Waals surface area contributed by atoms with Gasteiger partial charge in [-0.25, -0.2) is 0 Å². The Morgan fingerprint density at radius 3 is 2.93 bits per heavy atom. The van der Waals surface area contributed by atoms with Crippen LogP contribution in [0, 0.1) is 0 Å². The van der Waals surface area contributed by atoms with Crippen LogP contribution in [0.5, 0.6) is 5.75 Å². The van der Waals surface area contributed by atoms with Crippen LogP contribution in [0.3, 0.4) is 0 Å². The van der Waals surface area contributed by atoms with Crippen LogP contribution in [0.15, 0.2) is 36.9 Å². The molecular weight excluding hydrogens is 172 g/mol. The second-order valence-corrected chi connectivity index (χ2v) is 3.48. The van der Waals surface area contributed by atoms with E-state index >= 15 is 0 Å². The van der Waals surface area contributed by atoms with Gasteiger partial charge in [-0.1, -0.05) is 38.6 Å². The van der Waals surface area contributed by atoms with Crippen LogP contribution in [0.1, 0.15) is 31.7 Å². The lowest BCUT2D eigenvalue weighted by Gasteiger charge is -2.10. The Morgan fingerprint density at radius 1 is 1.50 bits per heavy atom. The highest BCUT2D eigenvalue weighted by atomic mass is 16.5. The molecule has 0 radical (unpaired) electrons. The summed E-state index contributed by atoms with van der Waals surface area (Å²) in [6, 6.07) is 8.28. The van der Waals surface area contributed by atoms with E-state index in [4.69, 9.17) is 4.74 Å². The van der Waals surface area contributed by atoms with Crippen LogP contribution in [0.25, 0.3) is 0 Å². The average molecular weight is 190 g/mol. The van der Waals surface area contributed by atoms with Crippen molar-refractivity contribution in [3.8, 4) is 5.75 Å². The molecule has 1 atom stereocenters. The number of hydrogen-bond acceptors (Lipinski definition) is 1. The Labute approximate surface area is 86.4 Å². The van der Waals surface area contributed by atoms with E-state index < -0.39 is 0 Å². The minimum atomic E-state index is 0.573. The summed E-state index contributed by atoms with van der Waals surface area (Å²) < 4.78 is 5.47. The lowest BCUT2D eigenvalue weighted by atomic mass is 9.99. The van der Waals surface area contributed by atoms with E-state index in [0.717, 1.165) is 12.2 Å². The first-order valence-electron chi connectivity index (χ1n) is 5.11.